The van der Waals surface area contributed by atoms with Crippen LogP contribution in [0.3, 0.4) is 0 Å². The van der Waals surface area contributed by atoms with Gasteiger partial charge in [-0.25, -0.2) is 4.39 Å². The van der Waals surface area contributed by atoms with Crippen LogP contribution in [0.4, 0.5) is 15.8 Å². The van der Waals surface area contributed by atoms with Crippen LogP contribution in [-0.4, -0.2) is 6.04 Å². The smallest absolute Gasteiger partial charge is 0.139 e. The number of hydrogen-bond donors (Lipinski definition) is 2. The molecule has 0 amide bonds. The highest BCUT2D eigenvalue weighted by atomic mass is 79.9. The zero-order valence-electron chi connectivity index (χ0n) is 10.7. The minimum atomic E-state index is -0.311. The van der Waals surface area contributed by atoms with Gasteiger partial charge in [0.25, 0.3) is 0 Å². The normalized spacial score (nSPS) is 23.9. The van der Waals surface area contributed by atoms with Crippen LogP contribution in [0.15, 0.2) is 16.6 Å². The van der Waals surface area contributed by atoms with Gasteiger partial charge in [-0.3, -0.25) is 0 Å². The highest BCUT2D eigenvalue weighted by Crippen LogP contribution is 2.33. The number of nitrogen functional groups attached to an aromatic ring is 1. The average molecular weight is 315 g/mol. The summed E-state index contributed by atoms with van der Waals surface area (Å²) in [6, 6.07) is 3.57. The molecule has 0 radical (unpaired) electrons. The Kier molecular flexibility index (Phi) is 4.49. The third kappa shape index (κ3) is 2.97. The molecule has 2 nitrogen and oxygen atoms in total. The van der Waals surface area contributed by atoms with Gasteiger partial charge in [0.15, 0.2) is 0 Å². The van der Waals surface area contributed by atoms with E-state index in [1.165, 1.54) is 38.2 Å². The second-order valence-electron chi connectivity index (χ2n) is 5.06. The predicted octanol–water partition coefficient (Wildman–Crippen LogP) is 4.55. The highest BCUT2D eigenvalue weighted by Gasteiger charge is 2.24. The first-order chi connectivity index (χ1) is 8.61. The molecule has 18 heavy (non-hydrogen) atoms. The summed E-state index contributed by atoms with van der Waals surface area (Å²) in [4.78, 5) is 0. The Morgan fingerprint density at radius 3 is 2.83 bits per heavy atom. The third-order valence-electron chi connectivity index (χ3n) is 3.87. The summed E-state index contributed by atoms with van der Waals surface area (Å²) in [7, 11) is 0. The van der Waals surface area contributed by atoms with Crippen molar-refractivity contribution >= 4 is 27.3 Å². The van der Waals surface area contributed by atoms with Gasteiger partial charge in [0.2, 0.25) is 0 Å². The third-order valence-corrected chi connectivity index (χ3v) is 4.47. The predicted molar refractivity (Wildman–Crippen MR) is 78.2 cm³/mol. The number of halogens is 2. The molecule has 0 heterocycles. The van der Waals surface area contributed by atoms with E-state index in [0.717, 1.165) is 5.69 Å². The standard InChI is InChI=1S/C14H20BrFN2/c1-2-9-5-3-4-6-13(9)18-14-7-10(15)11(16)8-12(14)17/h7-9,13,18H,2-6,17H2,1H3. The van der Waals surface area contributed by atoms with Crippen LogP contribution in [0.25, 0.3) is 0 Å². The van der Waals surface area contributed by atoms with Gasteiger partial charge in [0.05, 0.1) is 15.8 Å². The van der Waals surface area contributed by atoms with Crippen molar-refractivity contribution in [1.82, 2.24) is 0 Å². The number of hydrogen-bond acceptors (Lipinski definition) is 2. The number of nitrogens with two attached hydrogens (primary N) is 1. The first-order valence-electron chi connectivity index (χ1n) is 6.63. The topological polar surface area (TPSA) is 38.0 Å². The van der Waals surface area contributed by atoms with Gasteiger partial charge >= 0.3 is 0 Å². The van der Waals surface area contributed by atoms with E-state index >= 15 is 0 Å². The van der Waals surface area contributed by atoms with Crippen LogP contribution in [-0.2, 0) is 0 Å². The van der Waals surface area contributed by atoms with E-state index in [9.17, 15) is 4.39 Å². The molecule has 1 fully saturated rings. The fraction of sp³-hybridized carbons (Fsp3) is 0.571. The van der Waals surface area contributed by atoms with Crippen molar-refractivity contribution in [3.05, 3.63) is 22.4 Å². The van der Waals surface area contributed by atoms with Gasteiger partial charge in [-0.15, -0.1) is 0 Å². The Bertz CT molecular complexity index is 423. The highest BCUT2D eigenvalue weighted by molar-refractivity contribution is 9.10. The van der Waals surface area contributed by atoms with Crippen LogP contribution in [0.1, 0.15) is 39.0 Å². The minimum absolute atomic E-state index is 0.311. The van der Waals surface area contributed by atoms with E-state index in [0.29, 0.717) is 22.1 Å². The van der Waals surface area contributed by atoms with Crippen molar-refractivity contribution in [1.29, 1.82) is 0 Å². The van der Waals surface area contributed by atoms with Crippen LogP contribution in [0.2, 0.25) is 0 Å². The lowest BCUT2D eigenvalue weighted by Gasteiger charge is -2.32. The first kappa shape index (κ1) is 13.7. The Hall–Kier alpha value is -0.770. The number of rotatable bonds is 3. The maximum atomic E-state index is 13.3. The molecule has 2 atom stereocenters. The molecule has 1 aliphatic rings. The molecule has 1 saturated carbocycles. The molecule has 0 aromatic heterocycles. The summed E-state index contributed by atoms with van der Waals surface area (Å²) in [6.07, 6.45) is 6.21. The maximum absolute atomic E-state index is 13.3. The molecular formula is C14H20BrFN2. The summed E-state index contributed by atoms with van der Waals surface area (Å²) in [5.41, 5.74) is 7.19. The molecule has 1 aliphatic carbocycles. The zero-order valence-corrected chi connectivity index (χ0v) is 12.3. The molecule has 2 rings (SSSR count). The van der Waals surface area contributed by atoms with Gasteiger partial charge < -0.3 is 11.1 Å². The van der Waals surface area contributed by atoms with E-state index in [1.807, 2.05) is 0 Å². The summed E-state index contributed by atoms with van der Waals surface area (Å²) in [6.45, 7) is 2.23. The summed E-state index contributed by atoms with van der Waals surface area (Å²) in [5.74, 6) is 0.385. The lowest BCUT2D eigenvalue weighted by atomic mass is 9.83. The lowest BCUT2D eigenvalue weighted by Crippen LogP contribution is -2.32. The molecule has 0 spiro atoms. The van der Waals surface area contributed by atoms with Crippen molar-refractivity contribution in [2.45, 2.75) is 45.1 Å². The minimum Gasteiger partial charge on any atom is -0.397 e. The van der Waals surface area contributed by atoms with Crippen LogP contribution in [0.5, 0.6) is 0 Å². The second-order valence-corrected chi connectivity index (χ2v) is 5.91. The molecule has 0 aliphatic heterocycles. The van der Waals surface area contributed by atoms with Crippen molar-refractivity contribution < 1.29 is 4.39 Å². The number of nitrogens with one attached hydrogen (secondary N) is 1. The molecule has 4 heteroatoms. The van der Waals surface area contributed by atoms with Crippen molar-refractivity contribution in [3.8, 4) is 0 Å². The Balaban J connectivity index is 2.15. The quantitative estimate of drug-likeness (QED) is 0.803. The van der Waals surface area contributed by atoms with Crippen molar-refractivity contribution in [2.75, 3.05) is 11.1 Å². The van der Waals surface area contributed by atoms with Gasteiger partial charge in [-0.2, -0.15) is 0 Å². The lowest BCUT2D eigenvalue weighted by molar-refractivity contribution is 0.317. The van der Waals surface area contributed by atoms with Crippen LogP contribution in [0, 0.1) is 11.7 Å². The fourth-order valence-corrected chi connectivity index (χ4v) is 3.12. The van der Waals surface area contributed by atoms with Crippen LogP contribution >= 0.6 is 15.9 Å². The monoisotopic (exact) mass is 314 g/mol. The molecule has 0 bridgehead atoms. The fourth-order valence-electron chi connectivity index (χ4n) is 2.77. The van der Waals surface area contributed by atoms with Gasteiger partial charge in [-0.1, -0.05) is 26.2 Å². The van der Waals surface area contributed by atoms with E-state index in [2.05, 4.69) is 28.2 Å². The molecule has 2 unspecified atom stereocenters. The summed E-state index contributed by atoms with van der Waals surface area (Å²) in [5, 5.41) is 3.50. The van der Waals surface area contributed by atoms with Crippen LogP contribution < -0.4 is 11.1 Å². The largest absolute Gasteiger partial charge is 0.397 e. The van der Waals surface area contributed by atoms with Crippen molar-refractivity contribution in [3.63, 3.8) is 0 Å². The van der Waals surface area contributed by atoms with E-state index in [1.54, 1.807) is 6.07 Å². The Morgan fingerprint density at radius 2 is 2.11 bits per heavy atom. The molecular weight excluding hydrogens is 295 g/mol. The first-order valence-corrected chi connectivity index (χ1v) is 7.42. The van der Waals surface area contributed by atoms with E-state index in [-0.39, 0.29) is 5.82 Å². The molecule has 1 aromatic rings. The summed E-state index contributed by atoms with van der Waals surface area (Å²) < 4.78 is 13.8. The van der Waals surface area contributed by atoms with Gasteiger partial charge in [-0.05, 0) is 40.8 Å². The molecule has 0 saturated heterocycles. The molecule has 100 valence electrons. The summed E-state index contributed by atoms with van der Waals surface area (Å²) >= 11 is 3.21. The molecule has 3 N–H and O–H groups in total. The SMILES string of the molecule is CCC1CCCCC1Nc1cc(Br)c(F)cc1N. The Labute approximate surface area is 116 Å². The van der Waals surface area contributed by atoms with E-state index in [4.69, 9.17) is 5.73 Å². The number of anilines is 2. The Morgan fingerprint density at radius 1 is 1.39 bits per heavy atom. The zero-order chi connectivity index (χ0) is 13.1. The average Bonchev–Trinajstić information content (AvgIpc) is 2.36. The molecule has 1 aromatic carbocycles. The van der Waals surface area contributed by atoms with Gasteiger partial charge in [0.1, 0.15) is 5.82 Å². The second kappa shape index (κ2) is 5.91. The number of benzene rings is 1. The van der Waals surface area contributed by atoms with Crippen molar-refractivity contribution in [2.24, 2.45) is 5.92 Å². The van der Waals surface area contributed by atoms with E-state index < -0.39 is 0 Å². The van der Waals surface area contributed by atoms with Gasteiger partial charge in [0, 0.05) is 12.1 Å². The maximum Gasteiger partial charge on any atom is 0.139 e.